The third-order valence-electron chi connectivity index (χ3n) is 3.97. The van der Waals surface area contributed by atoms with Crippen molar-refractivity contribution >= 4 is 0 Å². The van der Waals surface area contributed by atoms with Gasteiger partial charge in [0.15, 0.2) is 0 Å². The predicted molar refractivity (Wildman–Crippen MR) is 79.0 cm³/mol. The summed E-state index contributed by atoms with van der Waals surface area (Å²) >= 11 is 0. The number of nitrogens with one attached hydrogen (secondary N) is 1. The Labute approximate surface area is 121 Å². The highest BCUT2D eigenvalue weighted by molar-refractivity contribution is 5.30. The molecule has 1 aliphatic rings. The fourth-order valence-electron chi connectivity index (χ4n) is 2.88. The molecule has 5 heteroatoms. The second kappa shape index (κ2) is 7.64. The van der Waals surface area contributed by atoms with Gasteiger partial charge in [-0.05, 0) is 19.8 Å². The Morgan fingerprint density at radius 3 is 2.75 bits per heavy atom. The van der Waals surface area contributed by atoms with Crippen molar-refractivity contribution in [2.45, 2.75) is 51.7 Å². The van der Waals surface area contributed by atoms with E-state index < -0.39 is 0 Å². The van der Waals surface area contributed by atoms with E-state index in [1.54, 1.807) is 11.8 Å². The summed E-state index contributed by atoms with van der Waals surface area (Å²) in [5.74, 6) is 0.836. The van der Waals surface area contributed by atoms with Crippen molar-refractivity contribution in [3.05, 3.63) is 11.3 Å². The maximum Gasteiger partial charge on any atom is 0.216 e. The third kappa shape index (κ3) is 3.96. The summed E-state index contributed by atoms with van der Waals surface area (Å²) in [5, 5.41) is 7.79. The number of methoxy groups -OCH3 is 1. The molecule has 1 fully saturated rings. The Morgan fingerprint density at radius 1 is 1.30 bits per heavy atom. The number of rotatable bonds is 7. The maximum atomic E-state index is 5.90. The lowest BCUT2D eigenvalue weighted by Crippen LogP contribution is -2.24. The summed E-state index contributed by atoms with van der Waals surface area (Å²) in [6, 6.07) is 0. The van der Waals surface area contributed by atoms with Crippen LogP contribution < -0.4 is 10.1 Å². The van der Waals surface area contributed by atoms with Crippen molar-refractivity contribution in [1.29, 1.82) is 0 Å². The predicted octanol–water partition coefficient (Wildman–Crippen LogP) is 2.18. The molecule has 0 aromatic carbocycles. The highest BCUT2D eigenvalue weighted by Gasteiger charge is 2.14. The molecule has 1 saturated carbocycles. The van der Waals surface area contributed by atoms with Gasteiger partial charge in [-0.25, -0.2) is 4.68 Å². The minimum atomic E-state index is 0.486. The molecule has 0 spiro atoms. The molecule has 1 aromatic rings. The van der Waals surface area contributed by atoms with Crippen molar-refractivity contribution in [3.8, 4) is 5.88 Å². The van der Waals surface area contributed by atoms with Crippen LogP contribution in [0.5, 0.6) is 5.88 Å². The van der Waals surface area contributed by atoms with Crippen LogP contribution in [0.2, 0.25) is 0 Å². The summed E-state index contributed by atoms with van der Waals surface area (Å²) < 4.78 is 13.1. The summed E-state index contributed by atoms with van der Waals surface area (Å²) in [6.07, 6.45) is 6.97. The van der Waals surface area contributed by atoms with E-state index in [0.717, 1.165) is 36.8 Å². The fourth-order valence-corrected chi connectivity index (χ4v) is 2.88. The molecule has 20 heavy (non-hydrogen) atoms. The lowest BCUT2D eigenvalue weighted by atomic mass is 9.98. The van der Waals surface area contributed by atoms with Crippen LogP contribution in [-0.2, 0) is 18.3 Å². The van der Waals surface area contributed by atoms with Crippen LogP contribution in [0.1, 0.15) is 43.4 Å². The second-order valence-corrected chi connectivity index (χ2v) is 5.50. The first kappa shape index (κ1) is 15.3. The van der Waals surface area contributed by atoms with Gasteiger partial charge in [0.1, 0.15) is 0 Å². The number of aromatic nitrogens is 2. The monoisotopic (exact) mass is 281 g/mol. The van der Waals surface area contributed by atoms with Crippen molar-refractivity contribution < 1.29 is 9.47 Å². The SMILES string of the molecule is COc1c(CNCCOC2CCCCC2)c(C)nn1C. The van der Waals surface area contributed by atoms with Crippen LogP contribution in [0.3, 0.4) is 0 Å². The Balaban J connectivity index is 1.68. The van der Waals surface area contributed by atoms with Crippen LogP contribution in [0.25, 0.3) is 0 Å². The van der Waals surface area contributed by atoms with Crippen molar-refractivity contribution in [3.63, 3.8) is 0 Å². The lowest BCUT2D eigenvalue weighted by Gasteiger charge is -2.22. The van der Waals surface area contributed by atoms with E-state index in [4.69, 9.17) is 9.47 Å². The average molecular weight is 281 g/mol. The molecule has 114 valence electrons. The molecule has 2 rings (SSSR count). The fraction of sp³-hybridized carbons (Fsp3) is 0.800. The smallest absolute Gasteiger partial charge is 0.216 e. The zero-order valence-corrected chi connectivity index (χ0v) is 12.9. The van der Waals surface area contributed by atoms with Gasteiger partial charge in [0.25, 0.3) is 0 Å². The largest absolute Gasteiger partial charge is 0.481 e. The van der Waals surface area contributed by atoms with Gasteiger partial charge in [0.05, 0.1) is 31.1 Å². The number of aryl methyl sites for hydroxylation is 2. The lowest BCUT2D eigenvalue weighted by molar-refractivity contribution is 0.0302. The zero-order valence-electron chi connectivity index (χ0n) is 12.9. The van der Waals surface area contributed by atoms with Gasteiger partial charge in [-0.1, -0.05) is 19.3 Å². The summed E-state index contributed by atoms with van der Waals surface area (Å²) in [7, 11) is 3.59. The van der Waals surface area contributed by atoms with Gasteiger partial charge in [-0.2, -0.15) is 5.10 Å². The van der Waals surface area contributed by atoms with E-state index >= 15 is 0 Å². The molecule has 5 nitrogen and oxygen atoms in total. The minimum absolute atomic E-state index is 0.486. The Hall–Kier alpha value is -1.07. The van der Waals surface area contributed by atoms with E-state index in [1.807, 2.05) is 14.0 Å². The highest BCUT2D eigenvalue weighted by Crippen LogP contribution is 2.21. The van der Waals surface area contributed by atoms with Crippen molar-refractivity contribution in [1.82, 2.24) is 15.1 Å². The molecule has 0 atom stereocenters. The molecule has 1 aromatic heterocycles. The number of nitrogens with zero attached hydrogens (tertiary/aromatic N) is 2. The van der Waals surface area contributed by atoms with E-state index in [-0.39, 0.29) is 0 Å². The van der Waals surface area contributed by atoms with Crippen LogP contribution in [0, 0.1) is 6.92 Å². The number of hydrogen-bond donors (Lipinski definition) is 1. The van der Waals surface area contributed by atoms with E-state index in [1.165, 1.54) is 32.1 Å². The topological polar surface area (TPSA) is 48.3 Å². The summed E-state index contributed by atoms with van der Waals surface area (Å²) in [5.41, 5.74) is 2.15. The van der Waals surface area contributed by atoms with Gasteiger partial charge < -0.3 is 14.8 Å². The first-order chi connectivity index (χ1) is 9.72. The molecule has 0 bridgehead atoms. The highest BCUT2D eigenvalue weighted by atomic mass is 16.5. The first-order valence-electron chi connectivity index (χ1n) is 7.61. The number of hydrogen-bond acceptors (Lipinski definition) is 4. The molecule has 0 saturated heterocycles. The molecular formula is C15H27N3O2. The van der Waals surface area contributed by atoms with E-state index in [9.17, 15) is 0 Å². The minimum Gasteiger partial charge on any atom is -0.481 e. The third-order valence-corrected chi connectivity index (χ3v) is 3.97. The summed E-state index contributed by atoms with van der Waals surface area (Å²) in [4.78, 5) is 0. The van der Waals surface area contributed by atoms with Gasteiger partial charge in [-0.15, -0.1) is 0 Å². The van der Waals surface area contributed by atoms with Crippen molar-refractivity contribution in [2.24, 2.45) is 7.05 Å². The standard InChI is InChI=1S/C15H27N3O2/c1-12-14(15(19-3)18(2)17-12)11-16-9-10-20-13-7-5-4-6-8-13/h13,16H,4-11H2,1-3H3. The molecule has 1 heterocycles. The Bertz CT molecular complexity index is 411. The quantitative estimate of drug-likeness (QED) is 0.778. The second-order valence-electron chi connectivity index (χ2n) is 5.50. The molecule has 0 amide bonds. The first-order valence-corrected chi connectivity index (χ1v) is 7.61. The maximum absolute atomic E-state index is 5.90. The van der Waals surface area contributed by atoms with Crippen LogP contribution >= 0.6 is 0 Å². The van der Waals surface area contributed by atoms with Gasteiger partial charge in [0, 0.05) is 20.1 Å². The van der Waals surface area contributed by atoms with Crippen LogP contribution in [-0.4, -0.2) is 36.1 Å². The molecule has 0 unspecified atom stereocenters. The van der Waals surface area contributed by atoms with Gasteiger partial charge in [0.2, 0.25) is 5.88 Å². The molecular weight excluding hydrogens is 254 g/mol. The number of ether oxygens (including phenoxy) is 2. The normalized spacial score (nSPS) is 16.6. The molecule has 1 N–H and O–H groups in total. The van der Waals surface area contributed by atoms with Crippen LogP contribution in [0.4, 0.5) is 0 Å². The Morgan fingerprint density at radius 2 is 2.05 bits per heavy atom. The van der Waals surface area contributed by atoms with Crippen LogP contribution in [0.15, 0.2) is 0 Å². The van der Waals surface area contributed by atoms with Crippen molar-refractivity contribution in [2.75, 3.05) is 20.3 Å². The van der Waals surface area contributed by atoms with Gasteiger partial charge in [-0.3, -0.25) is 0 Å². The summed E-state index contributed by atoms with van der Waals surface area (Å²) in [6.45, 7) is 4.44. The molecule has 1 aliphatic carbocycles. The average Bonchev–Trinajstić information content (AvgIpc) is 2.73. The van der Waals surface area contributed by atoms with Gasteiger partial charge >= 0.3 is 0 Å². The van der Waals surface area contributed by atoms with E-state index in [2.05, 4.69) is 10.4 Å². The Kier molecular flexibility index (Phi) is 5.86. The molecule has 0 radical (unpaired) electrons. The zero-order chi connectivity index (χ0) is 14.4. The van der Waals surface area contributed by atoms with E-state index in [0.29, 0.717) is 6.10 Å². The molecule has 0 aliphatic heterocycles.